The minimum absolute atomic E-state index is 0.658. The summed E-state index contributed by atoms with van der Waals surface area (Å²) in [4.78, 5) is 15.0. The molecule has 80 valence electrons. The number of aldehydes is 1. The topological polar surface area (TPSA) is 30.0 Å². The molecule has 0 N–H and O–H groups in total. The van der Waals surface area contributed by atoms with Crippen molar-refractivity contribution in [2.75, 3.05) is 0 Å². The molecule has 16 heavy (non-hydrogen) atoms. The number of aromatic nitrogens is 1. The summed E-state index contributed by atoms with van der Waals surface area (Å²) in [5.41, 5.74) is 4.96. The first-order valence-electron chi connectivity index (χ1n) is 5.19. The zero-order chi connectivity index (χ0) is 11.5. The van der Waals surface area contributed by atoms with Crippen LogP contribution in [0.5, 0.6) is 0 Å². The highest BCUT2D eigenvalue weighted by Gasteiger charge is 2.04. The minimum Gasteiger partial charge on any atom is -0.298 e. The first kappa shape index (κ1) is 10.6. The van der Waals surface area contributed by atoms with E-state index >= 15 is 0 Å². The Labute approximate surface area is 95.0 Å². The van der Waals surface area contributed by atoms with Crippen LogP contribution < -0.4 is 0 Å². The van der Waals surface area contributed by atoms with Gasteiger partial charge in [0, 0.05) is 17.3 Å². The second-order valence-electron chi connectivity index (χ2n) is 3.91. The molecule has 0 aliphatic heterocycles. The maximum absolute atomic E-state index is 10.7. The van der Waals surface area contributed by atoms with E-state index in [4.69, 9.17) is 0 Å². The fourth-order valence-corrected chi connectivity index (χ4v) is 1.68. The molecule has 0 spiro atoms. The molecule has 2 rings (SSSR count). The lowest BCUT2D eigenvalue weighted by molar-refractivity contribution is 0.112. The van der Waals surface area contributed by atoms with Gasteiger partial charge in [0.05, 0.1) is 5.69 Å². The van der Waals surface area contributed by atoms with Gasteiger partial charge in [-0.1, -0.05) is 17.7 Å². The summed E-state index contributed by atoms with van der Waals surface area (Å²) < 4.78 is 0. The van der Waals surface area contributed by atoms with E-state index in [1.165, 1.54) is 11.1 Å². The van der Waals surface area contributed by atoms with Gasteiger partial charge in [-0.3, -0.25) is 9.78 Å². The summed E-state index contributed by atoms with van der Waals surface area (Å²) in [7, 11) is 0. The number of benzene rings is 1. The van der Waals surface area contributed by atoms with E-state index in [-0.39, 0.29) is 0 Å². The highest BCUT2D eigenvalue weighted by molar-refractivity contribution is 5.78. The highest BCUT2D eigenvalue weighted by Crippen LogP contribution is 2.22. The van der Waals surface area contributed by atoms with Gasteiger partial charge < -0.3 is 0 Å². The van der Waals surface area contributed by atoms with E-state index in [0.29, 0.717) is 5.56 Å². The number of carbonyl (C=O) groups excluding carboxylic acids is 1. The Morgan fingerprint density at radius 3 is 2.69 bits per heavy atom. The number of rotatable bonds is 2. The fraction of sp³-hybridized carbons (Fsp3) is 0.143. The largest absolute Gasteiger partial charge is 0.298 e. The zero-order valence-electron chi connectivity index (χ0n) is 9.40. The Morgan fingerprint density at radius 2 is 1.94 bits per heavy atom. The smallest absolute Gasteiger partial charge is 0.150 e. The maximum atomic E-state index is 10.7. The van der Waals surface area contributed by atoms with Crippen molar-refractivity contribution in [3.8, 4) is 11.3 Å². The van der Waals surface area contributed by atoms with Crippen LogP contribution in [-0.2, 0) is 0 Å². The van der Waals surface area contributed by atoms with Crippen LogP contribution in [0.1, 0.15) is 21.5 Å². The predicted molar refractivity (Wildman–Crippen MR) is 64.5 cm³/mol. The first-order valence-corrected chi connectivity index (χ1v) is 5.19. The molecule has 1 aromatic carbocycles. The molecule has 0 saturated carbocycles. The molecular weight excluding hydrogens is 198 g/mol. The maximum Gasteiger partial charge on any atom is 0.150 e. The van der Waals surface area contributed by atoms with Gasteiger partial charge in [-0.15, -0.1) is 0 Å². The lowest BCUT2D eigenvalue weighted by atomic mass is 10.0. The zero-order valence-corrected chi connectivity index (χ0v) is 9.40. The van der Waals surface area contributed by atoms with Crippen molar-refractivity contribution in [3.63, 3.8) is 0 Å². The van der Waals surface area contributed by atoms with E-state index in [1.807, 2.05) is 19.9 Å². The molecule has 0 fully saturated rings. The molecular formula is C14H13NO. The predicted octanol–water partition coefficient (Wildman–Crippen LogP) is 3.18. The van der Waals surface area contributed by atoms with E-state index in [9.17, 15) is 4.79 Å². The second-order valence-corrected chi connectivity index (χ2v) is 3.91. The van der Waals surface area contributed by atoms with Crippen molar-refractivity contribution in [2.24, 2.45) is 0 Å². The summed E-state index contributed by atoms with van der Waals surface area (Å²) in [6.45, 7) is 4.09. The first-order chi connectivity index (χ1) is 7.70. The van der Waals surface area contributed by atoms with Crippen LogP contribution in [0.3, 0.4) is 0 Å². The van der Waals surface area contributed by atoms with E-state index in [2.05, 4.69) is 23.2 Å². The Hall–Kier alpha value is -1.96. The quantitative estimate of drug-likeness (QED) is 0.714. The second kappa shape index (κ2) is 4.27. The molecule has 0 bridgehead atoms. The monoisotopic (exact) mass is 211 g/mol. The van der Waals surface area contributed by atoms with Crippen LogP contribution in [0.4, 0.5) is 0 Å². The van der Waals surface area contributed by atoms with Crippen LogP contribution in [0.15, 0.2) is 36.5 Å². The summed E-state index contributed by atoms with van der Waals surface area (Å²) >= 11 is 0. The Kier molecular flexibility index (Phi) is 2.82. The minimum atomic E-state index is 0.658. The molecule has 2 aromatic rings. The van der Waals surface area contributed by atoms with Crippen LogP contribution in [0.25, 0.3) is 11.3 Å². The lowest BCUT2D eigenvalue weighted by Gasteiger charge is -2.06. The third-order valence-corrected chi connectivity index (χ3v) is 2.59. The van der Waals surface area contributed by atoms with Gasteiger partial charge in [-0.2, -0.15) is 0 Å². The third-order valence-electron chi connectivity index (χ3n) is 2.59. The van der Waals surface area contributed by atoms with E-state index in [0.717, 1.165) is 17.5 Å². The molecule has 0 amide bonds. The Balaban J connectivity index is 2.57. The van der Waals surface area contributed by atoms with Crippen molar-refractivity contribution in [1.82, 2.24) is 4.98 Å². The van der Waals surface area contributed by atoms with Crippen LogP contribution in [0, 0.1) is 13.8 Å². The van der Waals surface area contributed by atoms with Gasteiger partial charge in [-0.05, 0) is 37.6 Å². The number of carbonyl (C=O) groups is 1. The van der Waals surface area contributed by atoms with Gasteiger partial charge in [-0.25, -0.2) is 0 Å². The van der Waals surface area contributed by atoms with Crippen LogP contribution in [0.2, 0.25) is 0 Å². The Morgan fingerprint density at radius 1 is 1.12 bits per heavy atom. The summed E-state index contributed by atoms with van der Waals surface area (Å²) in [6.07, 6.45) is 2.51. The summed E-state index contributed by atoms with van der Waals surface area (Å²) in [5, 5.41) is 0. The van der Waals surface area contributed by atoms with Gasteiger partial charge in [0.25, 0.3) is 0 Å². The number of pyridine rings is 1. The van der Waals surface area contributed by atoms with E-state index < -0.39 is 0 Å². The summed E-state index contributed by atoms with van der Waals surface area (Å²) in [6, 6.07) is 9.75. The Bertz CT molecular complexity index is 532. The molecule has 0 aliphatic rings. The molecule has 0 aliphatic carbocycles. The number of aryl methyl sites for hydroxylation is 2. The van der Waals surface area contributed by atoms with Gasteiger partial charge in [0.1, 0.15) is 6.29 Å². The average Bonchev–Trinajstić information content (AvgIpc) is 2.32. The molecule has 0 unspecified atom stereocenters. The average molecular weight is 211 g/mol. The fourth-order valence-electron chi connectivity index (χ4n) is 1.68. The third kappa shape index (κ3) is 2.01. The standard InChI is InChI=1S/C14H13NO/c1-10-3-4-11(2)13(7-10)14-8-12(9-16)5-6-15-14/h3-9H,1-2H3. The van der Waals surface area contributed by atoms with Crippen molar-refractivity contribution in [1.29, 1.82) is 0 Å². The van der Waals surface area contributed by atoms with Gasteiger partial charge >= 0.3 is 0 Å². The molecule has 1 heterocycles. The number of hydrogen-bond acceptors (Lipinski definition) is 2. The molecule has 2 heteroatoms. The van der Waals surface area contributed by atoms with Gasteiger partial charge in [0.15, 0.2) is 0 Å². The molecule has 2 nitrogen and oxygen atoms in total. The molecule has 0 atom stereocenters. The van der Waals surface area contributed by atoms with Crippen LogP contribution >= 0.6 is 0 Å². The van der Waals surface area contributed by atoms with Crippen molar-refractivity contribution in [2.45, 2.75) is 13.8 Å². The highest BCUT2D eigenvalue weighted by atomic mass is 16.1. The van der Waals surface area contributed by atoms with Crippen molar-refractivity contribution in [3.05, 3.63) is 53.2 Å². The number of hydrogen-bond donors (Lipinski definition) is 0. The normalized spacial score (nSPS) is 10.1. The van der Waals surface area contributed by atoms with Crippen molar-refractivity contribution >= 4 is 6.29 Å². The molecule has 0 saturated heterocycles. The van der Waals surface area contributed by atoms with Crippen LogP contribution in [-0.4, -0.2) is 11.3 Å². The van der Waals surface area contributed by atoms with Crippen molar-refractivity contribution < 1.29 is 4.79 Å². The lowest BCUT2D eigenvalue weighted by Crippen LogP contribution is -1.90. The number of nitrogens with zero attached hydrogens (tertiary/aromatic N) is 1. The molecule has 0 radical (unpaired) electrons. The SMILES string of the molecule is Cc1ccc(C)c(-c2cc(C=O)ccn2)c1. The summed E-state index contributed by atoms with van der Waals surface area (Å²) in [5.74, 6) is 0. The van der Waals surface area contributed by atoms with E-state index in [1.54, 1.807) is 12.3 Å². The van der Waals surface area contributed by atoms with Gasteiger partial charge in [0.2, 0.25) is 0 Å². The molecule has 1 aromatic heterocycles.